The van der Waals surface area contributed by atoms with E-state index < -0.39 is 10.0 Å². The summed E-state index contributed by atoms with van der Waals surface area (Å²) in [6, 6.07) is 17.2. The van der Waals surface area contributed by atoms with Gasteiger partial charge in [-0.1, -0.05) is 60.9 Å². The van der Waals surface area contributed by atoms with Gasteiger partial charge < -0.3 is 0 Å². The van der Waals surface area contributed by atoms with Gasteiger partial charge in [0, 0.05) is 5.54 Å². The Morgan fingerprint density at radius 3 is 2.17 bits per heavy atom. The molecule has 4 heteroatoms. The summed E-state index contributed by atoms with van der Waals surface area (Å²) in [5.41, 5.74) is 1.88. The van der Waals surface area contributed by atoms with Crippen LogP contribution in [0.4, 0.5) is 0 Å². The Bertz CT molecular complexity index is 746. The van der Waals surface area contributed by atoms with Gasteiger partial charge in [-0.3, -0.25) is 0 Å². The summed E-state index contributed by atoms with van der Waals surface area (Å²) in [6.07, 6.45) is 4.69. The molecule has 3 rings (SSSR count). The van der Waals surface area contributed by atoms with Crippen LogP contribution >= 0.6 is 0 Å². The summed E-state index contributed by atoms with van der Waals surface area (Å²) in [7, 11) is -3.49. The molecule has 0 amide bonds. The average molecular weight is 329 g/mol. The lowest BCUT2D eigenvalue weighted by Gasteiger charge is -2.30. The molecular weight excluding hydrogens is 306 g/mol. The SMILES string of the molecule is Cc1ccc(S(=O)(=O)NC2(Cc3ccccc3)CCCC2)cc1. The van der Waals surface area contributed by atoms with E-state index in [0.29, 0.717) is 4.90 Å². The first-order valence-electron chi connectivity index (χ1n) is 8.14. The molecule has 122 valence electrons. The first-order valence-corrected chi connectivity index (χ1v) is 9.62. The molecule has 1 aliphatic rings. The lowest BCUT2D eigenvalue weighted by Crippen LogP contribution is -2.47. The van der Waals surface area contributed by atoms with Crippen LogP contribution < -0.4 is 4.72 Å². The summed E-state index contributed by atoms with van der Waals surface area (Å²) in [6.45, 7) is 1.96. The fraction of sp³-hybridized carbons (Fsp3) is 0.368. The van der Waals surface area contributed by atoms with Crippen molar-refractivity contribution >= 4 is 10.0 Å². The van der Waals surface area contributed by atoms with Gasteiger partial charge in [0.1, 0.15) is 0 Å². The van der Waals surface area contributed by atoms with E-state index in [4.69, 9.17) is 0 Å². The normalized spacial score (nSPS) is 17.3. The van der Waals surface area contributed by atoms with Crippen LogP contribution in [0.3, 0.4) is 0 Å². The molecule has 3 nitrogen and oxygen atoms in total. The number of hydrogen-bond donors (Lipinski definition) is 1. The van der Waals surface area contributed by atoms with E-state index in [1.807, 2.05) is 37.3 Å². The minimum Gasteiger partial charge on any atom is -0.207 e. The fourth-order valence-corrected chi connectivity index (χ4v) is 4.87. The number of sulfonamides is 1. The number of hydrogen-bond acceptors (Lipinski definition) is 2. The van der Waals surface area contributed by atoms with Gasteiger partial charge in [0.25, 0.3) is 0 Å². The van der Waals surface area contributed by atoms with Crippen LogP contribution in [-0.4, -0.2) is 14.0 Å². The smallest absolute Gasteiger partial charge is 0.207 e. The Morgan fingerprint density at radius 2 is 1.57 bits per heavy atom. The van der Waals surface area contributed by atoms with Crippen LogP contribution in [0.1, 0.15) is 36.8 Å². The molecule has 0 spiro atoms. The Morgan fingerprint density at radius 1 is 0.957 bits per heavy atom. The molecule has 1 fully saturated rings. The maximum absolute atomic E-state index is 12.8. The van der Waals surface area contributed by atoms with Crippen LogP contribution in [0.5, 0.6) is 0 Å². The molecule has 1 N–H and O–H groups in total. The molecule has 0 atom stereocenters. The first kappa shape index (κ1) is 16.2. The predicted octanol–water partition coefficient (Wildman–Crippen LogP) is 3.83. The molecule has 0 aromatic heterocycles. The van der Waals surface area contributed by atoms with Crippen LogP contribution in [0.2, 0.25) is 0 Å². The Balaban J connectivity index is 1.86. The molecule has 0 radical (unpaired) electrons. The summed E-state index contributed by atoms with van der Waals surface area (Å²) in [5, 5.41) is 0. The van der Waals surface area contributed by atoms with Crippen molar-refractivity contribution in [1.82, 2.24) is 4.72 Å². The van der Waals surface area contributed by atoms with Crippen molar-refractivity contribution in [2.45, 2.75) is 49.5 Å². The highest BCUT2D eigenvalue weighted by atomic mass is 32.2. The number of nitrogens with one attached hydrogen (secondary N) is 1. The number of aryl methyl sites for hydroxylation is 1. The highest BCUT2D eigenvalue weighted by Gasteiger charge is 2.38. The zero-order valence-corrected chi connectivity index (χ0v) is 14.3. The molecule has 0 aliphatic heterocycles. The molecular formula is C19H23NO2S. The van der Waals surface area contributed by atoms with Crippen molar-refractivity contribution in [2.24, 2.45) is 0 Å². The van der Waals surface area contributed by atoms with Gasteiger partial charge in [-0.15, -0.1) is 0 Å². The van der Waals surface area contributed by atoms with Crippen molar-refractivity contribution in [3.05, 3.63) is 65.7 Å². The van der Waals surface area contributed by atoms with Crippen molar-refractivity contribution in [2.75, 3.05) is 0 Å². The van der Waals surface area contributed by atoms with Crippen molar-refractivity contribution in [1.29, 1.82) is 0 Å². The largest absolute Gasteiger partial charge is 0.241 e. The second-order valence-corrected chi connectivity index (χ2v) is 8.25. The number of rotatable bonds is 5. The standard InChI is InChI=1S/C19H23NO2S/c1-16-9-11-18(12-10-16)23(21,22)20-19(13-5-6-14-19)15-17-7-3-2-4-8-17/h2-4,7-12,20H,5-6,13-15H2,1H3. The maximum atomic E-state index is 12.8. The third kappa shape index (κ3) is 3.82. The van der Waals surface area contributed by atoms with E-state index in [9.17, 15) is 8.42 Å². The van der Waals surface area contributed by atoms with Crippen molar-refractivity contribution in [3.63, 3.8) is 0 Å². The van der Waals surface area contributed by atoms with E-state index in [2.05, 4.69) is 16.9 Å². The summed E-state index contributed by atoms with van der Waals surface area (Å²) in [4.78, 5) is 0.349. The monoisotopic (exact) mass is 329 g/mol. The van der Waals surface area contributed by atoms with Gasteiger partial charge in [0.05, 0.1) is 4.90 Å². The predicted molar refractivity (Wildman–Crippen MR) is 92.8 cm³/mol. The lowest BCUT2D eigenvalue weighted by molar-refractivity contribution is 0.386. The molecule has 1 saturated carbocycles. The first-order chi connectivity index (χ1) is 11.0. The lowest BCUT2D eigenvalue weighted by atomic mass is 9.90. The molecule has 0 unspecified atom stereocenters. The molecule has 2 aromatic carbocycles. The highest BCUT2D eigenvalue weighted by molar-refractivity contribution is 7.89. The minimum absolute atomic E-state index is 0.349. The third-order valence-electron chi connectivity index (χ3n) is 4.63. The van der Waals surface area contributed by atoms with Gasteiger partial charge in [-0.25, -0.2) is 13.1 Å². The van der Waals surface area contributed by atoms with Crippen LogP contribution in [0.15, 0.2) is 59.5 Å². The second-order valence-electron chi connectivity index (χ2n) is 6.57. The van der Waals surface area contributed by atoms with Crippen molar-refractivity contribution in [3.8, 4) is 0 Å². The van der Waals surface area contributed by atoms with Crippen LogP contribution in [0, 0.1) is 6.92 Å². The Hall–Kier alpha value is -1.65. The van der Waals surface area contributed by atoms with Gasteiger partial charge >= 0.3 is 0 Å². The second kappa shape index (κ2) is 6.46. The molecule has 0 bridgehead atoms. The van der Waals surface area contributed by atoms with Crippen LogP contribution in [0.25, 0.3) is 0 Å². The average Bonchev–Trinajstić information content (AvgIpc) is 2.96. The van der Waals surface area contributed by atoms with E-state index in [-0.39, 0.29) is 5.54 Å². The van der Waals surface area contributed by atoms with E-state index in [1.165, 1.54) is 5.56 Å². The van der Waals surface area contributed by atoms with Crippen molar-refractivity contribution < 1.29 is 8.42 Å². The molecule has 1 aliphatic carbocycles. The molecule has 0 saturated heterocycles. The van der Waals surface area contributed by atoms with E-state index >= 15 is 0 Å². The third-order valence-corrected chi connectivity index (χ3v) is 6.22. The Labute approximate surface area is 138 Å². The van der Waals surface area contributed by atoms with E-state index in [0.717, 1.165) is 37.7 Å². The number of benzene rings is 2. The Kier molecular flexibility index (Phi) is 4.55. The molecule has 23 heavy (non-hydrogen) atoms. The zero-order chi connectivity index (χ0) is 16.3. The summed E-state index contributed by atoms with van der Waals surface area (Å²) >= 11 is 0. The maximum Gasteiger partial charge on any atom is 0.241 e. The van der Waals surface area contributed by atoms with Gasteiger partial charge in [0.2, 0.25) is 10.0 Å². The minimum atomic E-state index is -3.49. The van der Waals surface area contributed by atoms with Crippen LogP contribution in [-0.2, 0) is 16.4 Å². The van der Waals surface area contributed by atoms with Gasteiger partial charge in [-0.2, -0.15) is 0 Å². The summed E-state index contributed by atoms with van der Waals surface area (Å²) in [5.74, 6) is 0. The zero-order valence-electron chi connectivity index (χ0n) is 13.5. The highest BCUT2D eigenvalue weighted by Crippen LogP contribution is 2.34. The molecule has 0 heterocycles. The fourth-order valence-electron chi connectivity index (χ4n) is 3.41. The van der Waals surface area contributed by atoms with Gasteiger partial charge in [-0.05, 0) is 43.9 Å². The van der Waals surface area contributed by atoms with E-state index in [1.54, 1.807) is 12.1 Å². The topological polar surface area (TPSA) is 46.2 Å². The summed E-state index contributed by atoms with van der Waals surface area (Å²) < 4.78 is 28.6. The molecule has 2 aromatic rings. The van der Waals surface area contributed by atoms with Gasteiger partial charge in [0.15, 0.2) is 0 Å². The quantitative estimate of drug-likeness (QED) is 0.906.